The van der Waals surface area contributed by atoms with Gasteiger partial charge in [-0.3, -0.25) is 4.98 Å². The van der Waals surface area contributed by atoms with Gasteiger partial charge in [-0.05, 0) is 12.1 Å². The normalized spacial score (nSPS) is 10.5. The van der Waals surface area contributed by atoms with E-state index in [9.17, 15) is 0 Å². The Labute approximate surface area is 75.1 Å². The molecule has 0 atom stereocenters. The van der Waals surface area contributed by atoms with E-state index >= 15 is 0 Å². The SMILES string of the molecule is Cl.ON=C(Cl)c1ccccn1. The van der Waals surface area contributed by atoms with Crippen LogP contribution in [-0.2, 0) is 0 Å². The molecule has 0 amide bonds. The number of pyridine rings is 1. The Balaban J connectivity index is 0.000001000. The first-order valence-electron chi connectivity index (χ1n) is 2.63. The van der Waals surface area contributed by atoms with Crippen molar-refractivity contribution in [3.8, 4) is 0 Å². The van der Waals surface area contributed by atoms with Crippen molar-refractivity contribution in [1.82, 2.24) is 4.98 Å². The number of hydrogen-bond acceptors (Lipinski definition) is 3. The van der Waals surface area contributed by atoms with Crippen LogP contribution in [0.4, 0.5) is 0 Å². The summed E-state index contributed by atoms with van der Waals surface area (Å²) in [6.45, 7) is 0. The summed E-state index contributed by atoms with van der Waals surface area (Å²) in [5.74, 6) is 0. The molecule has 0 aliphatic rings. The molecular weight excluding hydrogens is 187 g/mol. The highest BCUT2D eigenvalue weighted by Crippen LogP contribution is 1.98. The zero-order valence-corrected chi connectivity index (χ0v) is 7.01. The van der Waals surface area contributed by atoms with E-state index in [2.05, 4.69) is 10.1 Å². The van der Waals surface area contributed by atoms with Crippen LogP contribution >= 0.6 is 24.0 Å². The molecule has 1 aromatic heterocycles. The van der Waals surface area contributed by atoms with Crippen molar-refractivity contribution in [2.24, 2.45) is 5.16 Å². The standard InChI is InChI=1S/C6H5ClN2O.ClH/c7-6(9-10)5-3-1-2-4-8-5;/h1-4,10H;1H. The van der Waals surface area contributed by atoms with Crippen molar-refractivity contribution in [2.75, 3.05) is 0 Å². The summed E-state index contributed by atoms with van der Waals surface area (Å²) in [5.41, 5.74) is 0.465. The maximum Gasteiger partial charge on any atom is 0.193 e. The van der Waals surface area contributed by atoms with E-state index in [-0.39, 0.29) is 17.6 Å². The Morgan fingerprint density at radius 3 is 2.73 bits per heavy atom. The summed E-state index contributed by atoms with van der Waals surface area (Å²) >= 11 is 5.43. The zero-order valence-electron chi connectivity index (χ0n) is 5.44. The van der Waals surface area contributed by atoms with Gasteiger partial charge in [0.1, 0.15) is 5.69 Å². The van der Waals surface area contributed by atoms with Crippen molar-refractivity contribution in [1.29, 1.82) is 0 Å². The molecule has 1 rings (SSSR count). The first-order chi connectivity index (χ1) is 4.84. The van der Waals surface area contributed by atoms with Crippen molar-refractivity contribution in [3.63, 3.8) is 0 Å². The largest absolute Gasteiger partial charge is 0.410 e. The number of rotatable bonds is 1. The van der Waals surface area contributed by atoms with E-state index in [1.165, 1.54) is 0 Å². The highest BCUT2D eigenvalue weighted by molar-refractivity contribution is 6.69. The smallest absolute Gasteiger partial charge is 0.193 e. The highest BCUT2D eigenvalue weighted by Gasteiger charge is 1.97. The van der Waals surface area contributed by atoms with Crippen molar-refractivity contribution >= 4 is 29.2 Å². The summed E-state index contributed by atoms with van der Waals surface area (Å²) in [6, 6.07) is 5.17. The summed E-state index contributed by atoms with van der Waals surface area (Å²) in [7, 11) is 0. The molecule has 1 aromatic rings. The predicted octanol–water partition coefficient (Wildman–Crippen LogP) is 1.88. The number of halogens is 2. The Morgan fingerprint density at radius 2 is 2.27 bits per heavy atom. The minimum absolute atomic E-state index is 0. The molecule has 0 spiro atoms. The summed E-state index contributed by atoms with van der Waals surface area (Å²) in [5, 5.41) is 11.0. The van der Waals surface area contributed by atoms with Crippen LogP contribution in [0.1, 0.15) is 5.69 Å². The third-order valence-corrected chi connectivity index (χ3v) is 1.23. The van der Waals surface area contributed by atoms with Crippen LogP contribution < -0.4 is 0 Å². The summed E-state index contributed by atoms with van der Waals surface area (Å²) in [4.78, 5) is 3.83. The maximum absolute atomic E-state index is 8.20. The quantitative estimate of drug-likeness (QED) is 0.420. The molecule has 0 aromatic carbocycles. The van der Waals surface area contributed by atoms with Gasteiger partial charge in [0, 0.05) is 6.20 Å². The number of nitrogens with zero attached hydrogens (tertiary/aromatic N) is 2. The lowest BCUT2D eigenvalue weighted by Gasteiger charge is -1.90. The van der Waals surface area contributed by atoms with Crippen LogP contribution in [0.25, 0.3) is 0 Å². The van der Waals surface area contributed by atoms with Gasteiger partial charge in [-0.2, -0.15) is 0 Å². The molecule has 0 unspecified atom stereocenters. The Bertz CT molecular complexity index is 238. The van der Waals surface area contributed by atoms with Gasteiger partial charge in [0.2, 0.25) is 0 Å². The molecular formula is C6H6Cl2N2O. The Hall–Kier alpha value is -0.800. The topological polar surface area (TPSA) is 45.5 Å². The average molecular weight is 193 g/mol. The first kappa shape index (κ1) is 10.2. The van der Waals surface area contributed by atoms with Gasteiger partial charge in [0.05, 0.1) is 0 Å². The monoisotopic (exact) mass is 192 g/mol. The summed E-state index contributed by atoms with van der Waals surface area (Å²) in [6.07, 6.45) is 1.57. The van der Waals surface area contributed by atoms with Crippen LogP contribution in [-0.4, -0.2) is 15.4 Å². The molecule has 1 heterocycles. The number of aromatic nitrogens is 1. The highest BCUT2D eigenvalue weighted by atomic mass is 35.5. The maximum atomic E-state index is 8.20. The fraction of sp³-hybridized carbons (Fsp3) is 0. The molecule has 1 N–H and O–H groups in total. The van der Waals surface area contributed by atoms with Gasteiger partial charge in [0.15, 0.2) is 5.17 Å². The third kappa shape index (κ3) is 2.74. The van der Waals surface area contributed by atoms with Gasteiger partial charge >= 0.3 is 0 Å². The van der Waals surface area contributed by atoms with E-state index in [0.717, 1.165) is 0 Å². The van der Waals surface area contributed by atoms with Gasteiger partial charge < -0.3 is 5.21 Å². The Kier molecular flexibility index (Phi) is 4.57. The lowest BCUT2D eigenvalue weighted by Crippen LogP contribution is -1.93. The molecule has 0 aliphatic heterocycles. The molecule has 11 heavy (non-hydrogen) atoms. The van der Waals surface area contributed by atoms with Gasteiger partial charge in [-0.15, -0.1) is 12.4 Å². The van der Waals surface area contributed by atoms with Crippen LogP contribution in [0.2, 0.25) is 0 Å². The first-order valence-corrected chi connectivity index (χ1v) is 3.01. The predicted molar refractivity (Wildman–Crippen MR) is 45.7 cm³/mol. The lowest BCUT2D eigenvalue weighted by atomic mass is 10.4. The Morgan fingerprint density at radius 1 is 1.55 bits per heavy atom. The molecule has 5 heteroatoms. The second-order valence-electron chi connectivity index (χ2n) is 1.61. The van der Waals surface area contributed by atoms with Crippen LogP contribution in [0.5, 0.6) is 0 Å². The molecule has 3 nitrogen and oxygen atoms in total. The molecule has 0 bridgehead atoms. The van der Waals surface area contributed by atoms with Crippen molar-refractivity contribution in [3.05, 3.63) is 30.1 Å². The fourth-order valence-electron chi connectivity index (χ4n) is 0.536. The number of oxime groups is 1. The second kappa shape index (κ2) is 4.93. The zero-order chi connectivity index (χ0) is 7.40. The van der Waals surface area contributed by atoms with Crippen LogP contribution in [0.15, 0.2) is 29.6 Å². The second-order valence-corrected chi connectivity index (χ2v) is 1.96. The van der Waals surface area contributed by atoms with E-state index < -0.39 is 0 Å². The van der Waals surface area contributed by atoms with Gasteiger partial charge in [0.25, 0.3) is 0 Å². The summed E-state index contributed by atoms with van der Waals surface area (Å²) < 4.78 is 0. The molecule has 0 radical (unpaired) electrons. The molecule has 0 aliphatic carbocycles. The van der Waals surface area contributed by atoms with Crippen molar-refractivity contribution < 1.29 is 5.21 Å². The van der Waals surface area contributed by atoms with E-state index in [0.29, 0.717) is 5.69 Å². The minimum atomic E-state index is 0. The van der Waals surface area contributed by atoms with Crippen molar-refractivity contribution in [2.45, 2.75) is 0 Å². The van der Waals surface area contributed by atoms with E-state index in [1.807, 2.05) is 0 Å². The van der Waals surface area contributed by atoms with E-state index in [4.69, 9.17) is 16.8 Å². The number of hydrogen-bond donors (Lipinski definition) is 1. The average Bonchev–Trinajstić information content (AvgIpc) is 2.05. The molecule has 0 fully saturated rings. The molecule has 0 saturated heterocycles. The fourth-order valence-corrected chi connectivity index (χ4v) is 0.648. The minimum Gasteiger partial charge on any atom is -0.410 e. The van der Waals surface area contributed by atoms with Gasteiger partial charge in [-0.25, -0.2) is 0 Å². The van der Waals surface area contributed by atoms with Crippen LogP contribution in [0, 0.1) is 0 Å². The van der Waals surface area contributed by atoms with Crippen LogP contribution in [0.3, 0.4) is 0 Å². The van der Waals surface area contributed by atoms with Gasteiger partial charge in [-0.1, -0.05) is 22.8 Å². The van der Waals surface area contributed by atoms with E-state index in [1.54, 1.807) is 24.4 Å². The molecule has 0 saturated carbocycles. The lowest BCUT2D eigenvalue weighted by molar-refractivity contribution is 0.320. The third-order valence-electron chi connectivity index (χ3n) is 0.964. The molecule has 60 valence electrons.